The second kappa shape index (κ2) is 5.77. The van der Waals surface area contributed by atoms with Crippen LogP contribution in [-0.4, -0.2) is 24.9 Å². The summed E-state index contributed by atoms with van der Waals surface area (Å²) in [6.07, 6.45) is -1.48. The summed E-state index contributed by atoms with van der Waals surface area (Å²) in [5.74, 6) is 0.952. The first-order chi connectivity index (χ1) is 11.7. The third-order valence-corrected chi connectivity index (χ3v) is 3.75. The third kappa shape index (κ3) is 2.60. The minimum Gasteiger partial charge on any atom is -0.454 e. The van der Waals surface area contributed by atoms with Gasteiger partial charge in [0.25, 0.3) is 0 Å². The van der Waals surface area contributed by atoms with Gasteiger partial charge in [0.1, 0.15) is 5.75 Å². The second-order valence-corrected chi connectivity index (χ2v) is 5.29. The second-order valence-electron chi connectivity index (χ2n) is 5.29. The van der Waals surface area contributed by atoms with Gasteiger partial charge in [-0.1, -0.05) is 24.3 Å². The van der Waals surface area contributed by atoms with E-state index in [-0.39, 0.29) is 6.79 Å². The van der Waals surface area contributed by atoms with Gasteiger partial charge in [-0.2, -0.15) is 0 Å². The summed E-state index contributed by atoms with van der Waals surface area (Å²) in [6.45, 7) is 0.140. The number of rotatable bonds is 3. The number of ether oxygens (including phenoxy) is 4. The van der Waals surface area contributed by atoms with Crippen LogP contribution in [0.1, 0.15) is 11.7 Å². The van der Waals surface area contributed by atoms with Gasteiger partial charge >= 0.3 is 12.1 Å². The van der Waals surface area contributed by atoms with Crippen molar-refractivity contribution in [3.05, 3.63) is 54.1 Å². The molecule has 2 aromatic carbocycles. The van der Waals surface area contributed by atoms with Crippen LogP contribution in [0, 0.1) is 0 Å². The largest absolute Gasteiger partial charge is 0.454 e. The quantitative estimate of drug-likeness (QED) is 0.687. The maximum absolute atomic E-state index is 12.4. The Balaban J connectivity index is 1.57. The average molecular weight is 327 g/mol. The van der Waals surface area contributed by atoms with E-state index in [1.807, 2.05) is 6.07 Å². The number of esters is 1. The Morgan fingerprint density at radius 2 is 1.88 bits per heavy atom. The summed E-state index contributed by atoms with van der Waals surface area (Å²) in [4.78, 5) is 24.0. The van der Waals surface area contributed by atoms with Gasteiger partial charge in [0.2, 0.25) is 6.79 Å². The van der Waals surface area contributed by atoms with Crippen molar-refractivity contribution in [2.24, 2.45) is 0 Å². The summed E-state index contributed by atoms with van der Waals surface area (Å²) in [7, 11) is 0. The van der Waals surface area contributed by atoms with Crippen LogP contribution >= 0.6 is 0 Å². The maximum atomic E-state index is 12.4. The maximum Gasteiger partial charge on any atom is 0.408 e. The van der Waals surface area contributed by atoms with Crippen LogP contribution in [0.15, 0.2) is 48.5 Å². The van der Waals surface area contributed by atoms with Gasteiger partial charge in [-0.3, -0.25) is 0 Å². The highest BCUT2D eigenvalue weighted by molar-refractivity contribution is 5.86. The van der Waals surface area contributed by atoms with Gasteiger partial charge in [0.05, 0.1) is 0 Å². The molecule has 0 bridgehead atoms. The zero-order valence-corrected chi connectivity index (χ0v) is 12.4. The molecule has 0 aromatic heterocycles. The molecule has 0 spiro atoms. The number of cyclic esters (lactones) is 1. The molecule has 2 aliphatic heterocycles. The van der Waals surface area contributed by atoms with Gasteiger partial charge in [-0.15, -0.1) is 0 Å². The van der Waals surface area contributed by atoms with E-state index < -0.39 is 24.2 Å². The fraction of sp³-hybridized carbons (Fsp3) is 0.176. The van der Waals surface area contributed by atoms with Crippen LogP contribution in [0.3, 0.4) is 0 Å². The smallest absolute Gasteiger partial charge is 0.408 e. The van der Waals surface area contributed by atoms with E-state index in [1.54, 1.807) is 42.5 Å². The summed E-state index contributed by atoms with van der Waals surface area (Å²) in [5.41, 5.74) is 0.618. The molecule has 1 N–H and O–H groups in total. The van der Waals surface area contributed by atoms with Gasteiger partial charge in [-0.25, -0.2) is 9.59 Å². The molecular formula is C17H13NO6. The van der Waals surface area contributed by atoms with E-state index in [4.69, 9.17) is 18.9 Å². The highest BCUT2D eigenvalue weighted by atomic mass is 16.7. The van der Waals surface area contributed by atoms with Crippen molar-refractivity contribution in [1.82, 2.24) is 5.32 Å². The topological polar surface area (TPSA) is 83.1 Å². The summed E-state index contributed by atoms with van der Waals surface area (Å²) in [5, 5.41) is 2.48. The molecular weight excluding hydrogens is 314 g/mol. The molecule has 2 heterocycles. The molecule has 2 atom stereocenters. The number of carbonyl (C=O) groups is 2. The first kappa shape index (κ1) is 14.4. The molecule has 2 aromatic rings. The Kier molecular flexibility index (Phi) is 3.45. The van der Waals surface area contributed by atoms with Crippen LogP contribution in [0.5, 0.6) is 17.2 Å². The van der Waals surface area contributed by atoms with Crippen molar-refractivity contribution in [1.29, 1.82) is 0 Å². The van der Waals surface area contributed by atoms with E-state index in [9.17, 15) is 9.59 Å². The Bertz CT molecular complexity index is 791. The van der Waals surface area contributed by atoms with Gasteiger partial charge in [0.15, 0.2) is 23.6 Å². The fourth-order valence-electron chi connectivity index (χ4n) is 2.62. The number of amides is 1. The molecule has 1 saturated heterocycles. The zero-order valence-electron chi connectivity index (χ0n) is 12.4. The lowest BCUT2D eigenvalue weighted by Gasteiger charge is -2.16. The van der Waals surface area contributed by atoms with E-state index in [2.05, 4.69) is 5.32 Å². The Hall–Kier alpha value is -3.22. The van der Waals surface area contributed by atoms with Crippen LogP contribution < -0.4 is 19.5 Å². The van der Waals surface area contributed by atoms with Gasteiger partial charge in [0, 0.05) is 0 Å². The molecule has 7 heteroatoms. The van der Waals surface area contributed by atoms with E-state index in [1.165, 1.54) is 0 Å². The minimum atomic E-state index is -0.946. The highest BCUT2D eigenvalue weighted by Crippen LogP contribution is 2.37. The summed E-state index contributed by atoms with van der Waals surface area (Å²) < 4.78 is 21.1. The normalized spacial score (nSPS) is 21.1. The average Bonchev–Trinajstić information content (AvgIpc) is 3.21. The molecule has 7 nitrogen and oxygen atoms in total. The number of carbonyl (C=O) groups excluding carboxylic acids is 2. The predicted octanol–water partition coefficient (Wildman–Crippen LogP) is 2.17. The summed E-state index contributed by atoms with van der Waals surface area (Å²) >= 11 is 0. The number of nitrogens with one attached hydrogen (secondary N) is 1. The Labute approximate surface area is 137 Å². The van der Waals surface area contributed by atoms with Crippen LogP contribution in [0.4, 0.5) is 4.79 Å². The molecule has 24 heavy (non-hydrogen) atoms. The number of fused-ring (bicyclic) bond motifs is 1. The molecule has 1 fully saturated rings. The van der Waals surface area contributed by atoms with E-state index in [0.29, 0.717) is 22.8 Å². The van der Waals surface area contributed by atoms with Crippen LogP contribution in [0.2, 0.25) is 0 Å². The first-order valence-electron chi connectivity index (χ1n) is 7.34. The molecule has 0 radical (unpaired) electrons. The van der Waals surface area contributed by atoms with Gasteiger partial charge < -0.3 is 24.3 Å². The van der Waals surface area contributed by atoms with Crippen LogP contribution in [0.25, 0.3) is 0 Å². The lowest BCUT2D eigenvalue weighted by atomic mass is 10.0. The number of hydrogen-bond donors (Lipinski definition) is 1. The molecule has 4 rings (SSSR count). The number of hydrogen-bond acceptors (Lipinski definition) is 6. The predicted molar refractivity (Wildman–Crippen MR) is 80.8 cm³/mol. The molecule has 0 aliphatic carbocycles. The number of alkyl carbamates (subject to hydrolysis) is 1. The first-order valence-corrected chi connectivity index (χ1v) is 7.34. The zero-order chi connectivity index (χ0) is 16.5. The Morgan fingerprint density at radius 3 is 2.71 bits per heavy atom. The van der Waals surface area contributed by atoms with Crippen molar-refractivity contribution >= 4 is 12.1 Å². The number of para-hydroxylation sites is 1. The highest BCUT2D eigenvalue weighted by Gasteiger charge is 2.42. The standard InChI is InChI=1S/C17H13NO6/c19-16(23-11-4-2-1-3-5-11)14-15(24-17(20)18-14)10-6-7-12-13(8-10)22-9-21-12/h1-8,14-15H,9H2,(H,18,20). The molecule has 1 amide bonds. The van der Waals surface area contributed by atoms with Crippen molar-refractivity contribution in [3.8, 4) is 17.2 Å². The lowest BCUT2D eigenvalue weighted by Crippen LogP contribution is -2.38. The van der Waals surface area contributed by atoms with Gasteiger partial charge in [-0.05, 0) is 29.8 Å². The van der Waals surface area contributed by atoms with Crippen molar-refractivity contribution in [3.63, 3.8) is 0 Å². The molecule has 2 aliphatic rings. The van der Waals surface area contributed by atoms with E-state index in [0.717, 1.165) is 0 Å². The Morgan fingerprint density at radius 1 is 1.08 bits per heavy atom. The SMILES string of the molecule is O=C1NC(C(=O)Oc2ccccc2)C(c2ccc3c(c2)OCO3)O1. The monoisotopic (exact) mass is 327 g/mol. The summed E-state index contributed by atoms with van der Waals surface area (Å²) in [6, 6.07) is 12.8. The van der Waals surface area contributed by atoms with Crippen molar-refractivity contribution in [2.75, 3.05) is 6.79 Å². The minimum absolute atomic E-state index is 0.140. The van der Waals surface area contributed by atoms with Crippen molar-refractivity contribution < 1.29 is 28.5 Å². The third-order valence-electron chi connectivity index (χ3n) is 3.75. The molecule has 0 saturated carbocycles. The van der Waals surface area contributed by atoms with E-state index >= 15 is 0 Å². The molecule has 122 valence electrons. The molecule has 2 unspecified atom stereocenters. The lowest BCUT2D eigenvalue weighted by molar-refractivity contribution is -0.137. The van der Waals surface area contributed by atoms with Crippen LogP contribution in [-0.2, 0) is 9.53 Å². The van der Waals surface area contributed by atoms with Crippen molar-refractivity contribution in [2.45, 2.75) is 12.1 Å². The fourth-order valence-corrected chi connectivity index (χ4v) is 2.62. The number of benzene rings is 2.